The van der Waals surface area contributed by atoms with Gasteiger partial charge in [-0.2, -0.15) is 0 Å². The zero-order valence-corrected chi connectivity index (χ0v) is 19.7. The first kappa shape index (κ1) is 24.4. The van der Waals surface area contributed by atoms with Gasteiger partial charge in [0.15, 0.2) is 0 Å². The fraction of sp³-hybridized carbons (Fsp3) is 0.462. The summed E-state index contributed by atoms with van der Waals surface area (Å²) in [6.07, 6.45) is 0.817. The molecule has 2 amide bonds. The molecule has 0 aromatic heterocycles. The molecule has 0 aliphatic carbocycles. The average molecular weight is 425 g/mol. The zero-order valence-electron chi connectivity index (χ0n) is 19.7. The highest BCUT2D eigenvalue weighted by atomic mass is 16.5. The summed E-state index contributed by atoms with van der Waals surface area (Å²) in [5.74, 6) is 0.923. The first-order chi connectivity index (χ1) is 14.7. The fourth-order valence-electron chi connectivity index (χ4n) is 3.56. The number of methoxy groups -OCH3 is 1. The summed E-state index contributed by atoms with van der Waals surface area (Å²) in [4.78, 5) is 28.2. The fourth-order valence-corrected chi connectivity index (χ4v) is 3.56. The smallest absolute Gasteiger partial charge is 0.242 e. The van der Waals surface area contributed by atoms with E-state index in [1.807, 2.05) is 57.2 Å². The molecule has 0 unspecified atom stereocenters. The lowest BCUT2D eigenvalue weighted by molar-refractivity contribution is -0.141. The van der Waals surface area contributed by atoms with Gasteiger partial charge in [-0.3, -0.25) is 9.59 Å². The van der Waals surface area contributed by atoms with Crippen LogP contribution in [0.2, 0.25) is 0 Å². The van der Waals surface area contributed by atoms with E-state index in [0.29, 0.717) is 25.4 Å². The summed E-state index contributed by atoms with van der Waals surface area (Å²) in [5.41, 5.74) is 4.13. The Bertz CT molecular complexity index is 892. The third-order valence-electron chi connectivity index (χ3n) is 5.40. The Morgan fingerprint density at radius 1 is 1.10 bits per heavy atom. The standard InChI is InChI=1S/C26H36N2O3/c1-7-24(26(30)27-16-18(2)3)28(17-21-9-8-10-23(14-21)31-6)25(29)15-22-13-19(4)11-12-20(22)5/h8-14,18,24H,7,15-17H2,1-6H3,(H,27,30)/t24-/m0/s1. The van der Waals surface area contributed by atoms with Gasteiger partial charge in [0, 0.05) is 13.1 Å². The van der Waals surface area contributed by atoms with Gasteiger partial charge < -0.3 is 15.0 Å². The molecule has 0 aliphatic heterocycles. The average Bonchev–Trinajstić information content (AvgIpc) is 2.74. The lowest BCUT2D eigenvalue weighted by Crippen LogP contribution is -2.50. The molecule has 0 aliphatic rings. The number of hydrogen-bond donors (Lipinski definition) is 1. The van der Waals surface area contributed by atoms with Crippen molar-refractivity contribution in [3.63, 3.8) is 0 Å². The van der Waals surface area contributed by atoms with Crippen LogP contribution in [-0.2, 0) is 22.6 Å². The molecule has 1 atom stereocenters. The van der Waals surface area contributed by atoms with Crippen molar-refractivity contribution in [2.75, 3.05) is 13.7 Å². The van der Waals surface area contributed by atoms with Crippen LogP contribution in [0.25, 0.3) is 0 Å². The molecular weight excluding hydrogens is 388 g/mol. The molecule has 0 radical (unpaired) electrons. The highest BCUT2D eigenvalue weighted by Crippen LogP contribution is 2.19. The molecule has 0 heterocycles. The summed E-state index contributed by atoms with van der Waals surface area (Å²) in [6, 6.07) is 13.3. The molecule has 2 aromatic carbocycles. The molecule has 0 saturated carbocycles. The van der Waals surface area contributed by atoms with Crippen LogP contribution < -0.4 is 10.1 Å². The van der Waals surface area contributed by atoms with Gasteiger partial charge in [-0.05, 0) is 55.0 Å². The van der Waals surface area contributed by atoms with Crippen LogP contribution in [0, 0.1) is 19.8 Å². The van der Waals surface area contributed by atoms with Gasteiger partial charge in [0.05, 0.1) is 13.5 Å². The first-order valence-electron chi connectivity index (χ1n) is 11.0. The quantitative estimate of drug-likeness (QED) is 0.614. The lowest BCUT2D eigenvalue weighted by atomic mass is 10.0. The Morgan fingerprint density at radius 2 is 1.84 bits per heavy atom. The Hall–Kier alpha value is -2.82. The molecule has 2 rings (SSSR count). The molecule has 31 heavy (non-hydrogen) atoms. The van der Waals surface area contributed by atoms with Crippen LogP contribution in [0.1, 0.15) is 49.4 Å². The van der Waals surface area contributed by atoms with Crippen molar-refractivity contribution in [2.45, 2.75) is 60.0 Å². The summed E-state index contributed by atoms with van der Waals surface area (Å²) < 4.78 is 5.34. The van der Waals surface area contributed by atoms with E-state index in [2.05, 4.69) is 25.2 Å². The van der Waals surface area contributed by atoms with Crippen molar-refractivity contribution in [2.24, 2.45) is 5.92 Å². The number of ether oxygens (including phenoxy) is 1. The molecule has 0 saturated heterocycles. The third kappa shape index (κ3) is 7.12. The monoisotopic (exact) mass is 424 g/mol. The number of benzene rings is 2. The Kier molecular flexibility index (Phi) is 9.10. The highest BCUT2D eigenvalue weighted by Gasteiger charge is 2.29. The maximum Gasteiger partial charge on any atom is 0.242 e. The van der Waals surface area contributed by atoms with Gasteiger partial charge in [-0.25, -0.2) is 0 Å². The van der Waals surface area contributed by atoms with Crippen LogP contribution >= 0.6 is 0 Å². The van der Waals surface area contributed by atoms with Gasteiger partial charge in [-0.15, -0.1) is 0 Å². The Morgan fingerprint density at radius 3 is 2.48 bits per heavy atom. The minimum absolute atomic E-state index is 0.0527. The summed E-state index contributed by atoms with van der Waals surface area (Å²) >= 11 is 0. The second-order valence-corrected chi connectivity index (χ2v) is 8.54. The van der Waals surface area contributed by atoms with Crippen molar-refractivity contribution in [3.05, 3.63) is 64.7 Å². The second-order valence-electron chi connectivity index (χ2n) is 8.54. The number of nitrogens with zero attached hydrogens (tertiary/aromatic N) is 1. The number of amides is 2. The Labute approximate surface area is 186 Å². The van der Waals surface area contributed by atoms with Crippen LogP contribution in [0.5, 0.6) is 5.75 Å². The number of carbonyl (C=O) groups is 2. The molecule has 5 nitrogen and oxygen atoms in total. The highest BCUT2D eigenvalue weighted by molar-refractivity contribution is 5.88. The predicted molar refractivity (Wildman–Crippen MR) is 125 cm³/mol. The molecule has 0 spiro atoms. The number of hydrogen-bond acceptors (Lipinski definition) is 3. The van der Waals surface area contributed by atoms with E-state index in [9.17, 15) is 9.59 Å². The predicted octanol–water partition coefficient (Wildman–Crippen LogP) is 4.43. The number of aryl methyl sites for hydroxylation is 2. The third-order valence-corrected chi connectivity index (χ3v) is 5.40. The van der Waals surface area contributed by atoms with Gasteiger partial charge in [-0.1, -0.05) is 56.7 Å². The molecule has 5 heteroatoms. The molecule has 0 fully saturated rings. The number of rotatable bonds is 10. The van der Waals surface area contributed by atoms with Crippen LogP contribution in [0.4, 0.5) is 0 Å². The topological polar surface area (TPSA) is 58.6 Å². The van der Waals surface area contributed by atoms with Crippen molar-refractivity contribution in [3.8, 4) is 5.75 Å². The van der Waals surface area contributed by atoms with Gasteiger partial charge in [0.2, 0.25) is 11.8 Å². The zero-order chi connectivity index (χ0) is 23.0. The maximum absolute atomic E-state index is 13.5. The number of nitrogens with one attached hydrogen (secondary N) is 1. The van der Waals surface area contributed by atoms with E-state index < -0.39 is 6.04 Å². The van der Waals surface area contributed by atoms with Crippen molar-refractivity contribution >= 4 is 11.8 Å². The van der Waals surface area contributed by atoms with E-state index in [4.69, 9.17) is 4.74 Å². The van der Waals surface area contributed by atoms with E-state index in [1.54, 1.807) is 12.0 Å². The van der Waals surface area contributed by atoms with E-state index in [1.165, 1.54) is 0 Å². The summed E-state index contributed by atoms with van der Waals surface area (Å²) in [6.45, 7) is 11.0. The molecule has 1 N–H and O–H groups in total. The number of carbonyl (C=O) groups excluding carboxylic acids is 2. The van der Waals surface area contributed by atoms with Gasteiger partial charge >= 0.3 is 0 Å². The minimum Gasteiger partial charge on any atom is -0.497 e. The SMILES string of the molecule is CC[C@@H](C(=O)NCC(C)C)N(Cc1cccc(OC)c1)C(=O)Cc1cc(C)ccc1C. The maximum atomic E-state index is 13.5. The molecule has 0 bridgehead atoms. The van der Waals surface area contributed by atoms with Crippen molar-refractivity contribution in [1.82, 2.24) is 10.2 Å². The lowest BCUT2D eigenvalue weighted by Gasteiger charge is -2.31. The van der Waals surface area contributed by atoms with E-state index in [0.717, 1.165) is 28.0 Å². The van der Waals surface area contributed by atoms with E-state index >= 15 is 0 Å². The molecule has 2 aromatic rings. The minimum atomic E-state index is -0.525. The second kappa shape index (κ2) is 11.5. The van der Waals surface area contributed by atoms with Gasteiger partial charge in [0.25, 0.3) is 0 Å². The first-order valence-corrected chi connectivity index (χ1v) is 11.0. The Balaban J connectivity index is 2.33. The van der Waals surface area contributed by atoms with Crippen LogP contribution in [0.3, 0.4) is 0 Å². The van der Waals surface area contributed by atoms with Gasteiger partial charge in [0.1, 0.15) is 11.8 Å². The molecule has 168 valence electrons. The normalized spacial score (nSPS) is 11.8. The molecular formula is C26H36N2O3. The van der Waals surface area contributed by atoms with E-state index in [-0.39, 0.29) is 18.2 Å². The largest absolute Gasteiger partial charge is 0.497 e. The van der Waals surface area contributed by atoms with Crippen molar-refractivity contribution < 1.29 is 14.3 Å². The summed E-state index contributed by atoms with van der Waals surface area (Å²) in [7, 11) is 1.62. The van der Waals surface area contributed by atoms with Crippen LogP contribution in [-0.4, -0.2) is 36.4 Å². The van der Waals surface area contributed by atoms with Crippen molar-refractivity contribution in [1.29, 1.82) is 0 Å². The van der Waals surface area contributed by atoms with Crippen LogP contribution in [0.15, 0.2) is 42.5 Å². The summed E-state index contributed by atoms with van der Waals surface area (Å²) in [5, 5.41) is 3.00.